The molecule has 1 aliphatic rings. The van der Waals surface area contributed by atoms with E-state index >= 15 is 0 Å². The lowest BCUT2D eigenvalue weighted by molar-refractivity contribution is 0.229. The number of halogens is 2. The van der Waals surface area contributed by atoms with Gasteiger partial charge in [0.1, 0.15) is 11.6 Å². The lowest BCUT2D eigenvalue weighted by Gasteiger charge is -2.26. The molecule has 4 heteroatoms. The van der Waals surface area contributed by atoms with Crippen LogP contribution >= 0.6 is 0 Å². The second-order valence-corrected chi connectivity index (χ2v) is 5.14. The first kappa shape index (κ1) is 14.4. The Morgan fingerprint density at radius 1 is 1.05 bits per heavy atom. The molecule has 0 radical (unpaired) electrons. The van der Waals surface area contributed by atoms with Crippen molar-refractivity contribution in [2.45, 2.75) is 25.7 Å². The van der Waals surface area contributed by atoms with Gasteiger partial charge in [0, 0.05) is 19.2 Å². The highest BCUT2D eigenvalue weighted by molar-refractivity contribution is 5.18. The zero-order valence-corrected chi connectivity index (χ0v) is 11.3. The van der Waals surface area contributed by atoms with E-state index in [-0.39, 0.29) is 0 Å². The van der Waals surface area contributed by atoms with Gasteiger partial charge in [0.15, 0.2) is 0 Å². The predicted octanol–water partition coefficient (Wildman–Crippen LogP) is 2.58. The van der Waals surface area contributed by atoms with Crippen molar-refractivity contribution in [3.8, 4) is 0 Å². The smallest absolute Gasteiger partial charge is 0.129 e. The Bertz CT molecular complexity index is 390. The van der Waals surface area contributed by atoms with Crippen LogP contribution in [-0.4, -0.2) is 37.6 Å². The minimum absolute atomic E-state index is 0.446. The molecule has 1 aliphatic heterocycles. The summed E-state index contributed by atoms with van der Waals surface area (Å²) in [6.07, 6.45) is 4.57. The SMILES string of the molecule is Fc1ccc(CCNCCN2CCCCC2)c(F)c1. The molecule has 106 valence electrons. The molecule has 0 amide bonds. The first-order valence-corrected chi connectivity index (χ1v) is 7.13. The van der Waals surface area contributed by atoms with Crippen molar-refractivity contribution in [3.05, 3.63) is 35.4 Å². The van der Waals surface area contributed by atoms with Crippen LogP contribution in [0.1, 0.15) is 24.8 Å². The fraction of sp³-hybridized carbons (Fsp3) is 0.600. The Morgan fingerprint density at radius 3 is 2.58 bits per heavy atom. The lowest BCUT2D eigenvalue weighted by atomic mass is 10.1. The number of likely N-dealkylation sites (tertiary alicyclic amines) is 1. The molecule has 0 bridgehead atoms. The van der Waals surface area contributed by atoms with Gasteiger partial charge in [0.25, 0.3) is 0 Å². The first-order valence-electron chi connectivity index (χ1n) is 7.13. The maximum absolute atomic E-state index is 13.4. The van der Waals surface area contributed by atoms with E-state index in [1.54, 1.807) is 0 Å². The highest BCUT2D eigenvalue weighted by atomic mass is 19.1. The molecule has 1 N–H and O–H groups in total. The van der Waals surface area contributed by atoms with Crippen LogP contribution < -0.4 is 5.32 Å². The van der Waals surface area contributed by atoms with Crippen molar-refractivity contribution in [3.63, 3.8) is 0 Å². The van der Waals surface area contributed by atoms with Crippen molar-refractivity contribution in [2.75, 3.05) is 32.7 Å². The largest absolute Gasteiger partial charge is 0.315 e. The van der Waals surface area contributed by atoms with E-state index in [4.69, 9.17) is 0 Å². The molecule has 0 saturated carbocycles. The van der Waals surface area contributed by atoms with E-state index < -0.39 is 11.6 Å². The fourth-order valence-corrected chi connectivity index (χ4v) is 2.49. The Balaban J connectivity index is 1.61. The van der Waals surface area contributed by atoms with Gasteiger partial charge >= 0.3 is 0 Å². The molecule has 0 unspecified atom stereocenters. The number of piperidine rings is 1. The van der Waals surface area contributed by atoms with E-state index in [9.17, 15) is 8.78 Å². The Morgan fingerprint density at radius 2 is 1.84 bits per heavy atom. The van der Waals surface area contributed by atoms with Crippen molar-refractivity contribution in [1.29, 1.82) is 0 Å². The van der Waals surface area contributed by atoms with E-state index in [0.717, 1.165) is 25.7 Å². The molecular weight excluding hydrogens is 246 g/mol. The van der Waals surface area contributed by atoms with E-state index in [1.165, 1.54) is 44.5 Å². The first-order chi connectivity index (χ1) is 9.25. The summed E-state index contributed by atoms with van der Waals surface area (Å²) in [5, 5.41) is 3.32. The standard InChI is InChI=1S/C15H22F2N2/c16-14-5-4-13(15(17)12-14)6-7-18-8-11-19-9-2-1-3-10-19/h4-5,12,18H,1-3,6-11H2. The zero-order chi connectivity index (χ0) is 13.5. The second-order valence-electron chi connectivity index (χ2n) is 5.14. The summed E-state index contributed by atoms with van der Waals surface area (Å²) >= 11 is 0. The maximum atomic E-state index is 13.4. The Kier molecular flexibility index (Phi) is 5.73. The second kappa shape index (κ2) is 7.56. The average Bonchev–Trinajstić information content (AvgIpc) is 2.42. The molecule has 2 rings (SSSR count). The number of hydrogen-bond acceptors (Lipinski definition) is 2. The summed E-state index contributed by atoms with van der Waals surface area (Å²) in [5.41, 5.74) is 0.576. The Labute approximate surface area is 113 Å². The third-order valence-corrected chi connectivity index (χ3v) is 3.64. The van der Waals surface area contributed by atoms with Crippen molar-refractivity contribution < 1.29 is 8.78 Å². The number of benzene rings is 1. The van der Waals surface area contributed by atoms with Crippen molar-refractivity contribution in [2.24, 2.45) is 0 Å². The minimum atomic E-state index is -0.515. The fourth-order valence-electron chi connectivity index (χ4n) is 2.49. The molecule has 0 aromatic heterocycles. The molecule has 1 heterocycles. The molecule has 0 atom stereocenters. The van der Waals surface area contributed by atoms with Crippen LogP contribution in [0.3, 0.4) is 0 Å². The monoisotopic (exact) mass is 268 g/mol. The molecule has 19 heavy (non-hydrogen) atoms. The topological polar surface area (TPSA) is 15.3 Å². The number of nitrogens with one attached hydrogen (secondary N) is 1. The highest BCUT2D eigenvalue weighted by Crippen LogP contribution is 2.10. The van der Waals surface area contributed by atoms with Crippen LogP contribution in [0.25, 0.3) is 0 Å². The van der Waals surface area contributed by atoms with Crippen LogP contribution in [-0.2, 0) is 6.42 Å². The van der Waals surface area contributed by atoms with Crippen LogP contribution in [0.4, 0.5) is 8.78 Å². The van der Waals surface area contributed by atoms with Gasteiger partial charge in [-0.25, -0.2) is 8.78 Å². The molecule has 1 aromatic carbocycles. The zero-order valence-electron chi connectivity index (χ0n) is 11.3. The summed E-state index contributed by atoms with van der Waals surface area (Å²) < 4.78 is 26.1. The van der Waals surface area contributed by atoms with Gasteiger partial charge in [-0.05, 0) is 50.5 Å². The molecule has 0 spiro atoms. The number of nitrogens with zero attached hydrogens (tertiary/aromatic N) is 1. The third-order valence-electron chi connectivity index (χ3n) is 3.64. The average molecular weight is 268 g/mol. The predicted molar refractivity (Wildman–Crippen MR) is 73.2 cm³/mol. The molecular formula is C15H22F2N2. The molecule has 1 saturated heterocycles. The summed E-state index contributed by atoms with van der Waals surface area (Å²) in [4.78, 5) is 2.47. The highest BCUT2D eigenvalue weighted by Gasteiger charge is 2.08. The van der Waals surface area contributed by atoms with Crippen LogP contribution in [0.15, 0.2) is 18.2 Å². The van der Waals surface area contributed by atoms with Crippen LogP contribution in [0, 0.1) is 11.6 Å². The number of hydrogen-bond donors (Lipinski definition) is 1. The summed E-state index contributed by atoms with van der Waals surface area (Å²) in [6.45, 7) is 5.13. The third kappa shape index (κ3) is 4.88. The maximum Gasteiger partial charge on any atom is 0.129 e. The van der Waals surface area contributed by atoms with Gasteiger partial charge in [-0.2, -0.15) is 0 Å². The Hall–Kier alpha value is -1.00. The summed E-state index contributed by atoms with van der Waals surface area (Å²) in [6, 6.07) is 3.78. The molecule has 1 fully saturated rings. The van der Waals surface area contributed by atoms with Gasteiger partial charge in [0.2, 0.25) is 0 Å². The van der Waals surface area contributed by atoms with Crippen molar-refractivity contribution in [1.82, 2.24) is 10.2 Å². The molecule has 0 aliphatic carbocycles. The quantitative estimate of drug-likeness (QED) is 0.798. The normalized spacial score (nSPS) is 16.7. The number of rotatable bonds is 6. The summed E-state index contributed by atoms with van der Waals surface area (Å²) in [7, 11) is 0. The van der Waals surface area contributed by atoms with E-state index in [1.807, 2.05) is 0 Å². The molecule has 1 aromatic rings. The van der Waals surface area contributed by atoms with Gasteiger partial charge in [0.05, 0.1) is 0 Å². The lowest BCUT2D eigenvalue weighted by Crippen LogP contribution is -2.36. The van der Waals surface area contributed by atoms with Crippen LogP contribution in [0.5, 0.6) is 0 Å². The molecule has 2 nitrogen and oxygen atoms in total. The van der Waals surface area contributed by atoms with Crippen molar-refractivity contribution >= 4 is 0 Å². The van der Waals surface area contributed by atoms with Crippen LogP contribution in [0.2, 0.25) is 0 Å². The van der Waals surface area contributed by atoms with Gasteiger partial charge in [-0.3, -0.25) is 0 Å². The summed E-state index contributed by atoms with van der Waals surface area (Å²) in [5.74, 6) is -0.961. The van der Waals surface area contributed by atoms with Gasteiger partial charge in [-0.15, -0.1) is 0 Å². The van der Waals surface area contributed by atoms with E-state index in [2.05, 4.69) is 10.2 Å². The van der Waals surface area contributed by atoms with Gasteiger partial charge in [-0.1, -0.05) is 12.5 Å². The van der Waals surface area contributed by atoms with Gasteiger partial charge < -0.3 is 10.2 Å². The van der Waals surface area contributed by atoms with E-state index in [0.29, 0.717) is 12.0 Å². The minimum Gasteiger partial charge on any atom is -0.315 e.